The fourth-order valence-electron chi connectivity index (χ4n) is 3.70. The van der Waals surface area contributed by atoms with E-state index in [0.717, 1.165) is 29.7 Å². The van der Waals surface area contributed by atoms with Gasteiger partial charge in [0.1, 0.15) is 5.75 Å². The third-order valence-corrected chi connectivity index (χ3v) is 6.97. The molecule has 1 N–H and O–H groups in total. The fourth-order valence-corrected chi connectivity index (χ4v) is 5.29. The van der Waals surface area contributed by atoms with Crippen LogP contribution in [0.5, 0.6) is 5.75 Å². The lowest BCUT2D eigenvalue weighted by Gasteiger charge is -2.17. The van der Waals surface area contributed by atoms with Gasteiger partial charge in [-0.05, 0) is 54.2 Å². The summed E-state index contributed by atoms with van der Waals surface area (Å²) in [6.45, 7) is 1.48. The Balaban J connectivity index is 1.47. The van der Waals surface area contributed by atoms with E-state index in [1.54, 1.807) is 30.5 Å². The van der Waals surface area contributed by atoms with E-state index in [1.807, 2.05) is 0 Å². The predicted octanol–water partition coefficient (Wildman–Crippen LogP) is 1.97. The molecule has 2 aliphatic heterocycles. The van der Waals surface area contributed by atoms with Gasteiger partial charge in [0.15, 0.2) is 0 Å². The van der Waals surface area contributed by atoms with Crippen LogP contribution in [0.15, 0.2) is 41.6 Å². The molecular weight excluding hydrogens is 368 g/mol. The minimum atomic E-state index is -3.54. The molecule has 0 bridgehead atoms. The summed E-state index contributed by atoms with van der Waals surface area (Å²) in [5, 5.41) is 9.08. The van der Waals surface area contributed by atoms with Crippen molar-refractivity contribution in [1.29, 1.82) is 0 Å². The molecule has 0 spiro atoms. The minimum absolute atomic E-state index is 0.142. The number of aromatic nitrogens is 1. The summed E-state index contributed by atoms with van der Waals surface area (Å²) >= 11 is 0. The van der Waals surface area contributed by atoms with Crippen LogP contribution in [0.4, 0.5) is 0 Å². The van der Waals surface area contributed by atoms with E-state index in [9.17, 15) is 13.2 Å². The van der Waals surface area contributed by atoms with Gasteiger partial charge >= 0.3 is 5.97 Å². The van der Waals surface area contributed by atoms with Crippen molar-refractivity contribution in [3.63, 3.8) is 0 Å². The number of rotatable bonds is 5. The minimum Gasteiger partial charge on any atom is -0.493 e. The number of pyridine rings is 1. The molecule has 27 heavy (non-hydrogen) atoms. The molecule has 142 valence electrons. The number of nitrogens with zero attached hydrogens (tertiary/aromatic N) is 2. The summed E-state index contributed by atoms with van der Waals surface area (Å²) in [4.78, 5) is 15.4. The largest absolute Gasteiger partial charge is 0.493 e. The number of sulfonamides is 1. The molecule has 3 heterocycles. The number of carbonyl (C=O) groups is 1. The van der Waals surface area contributed by atoms with Gasteiger partial charge in [-0.15, -0.1) is 0 Å². The van der Waals surface area contributed by atoms with Gasteiger partial charge in [-0.3, -0.25) is 4.98 Å². The first-order valence-corrected chi connectivity index (χ1v) is 10.3. The number of carboxylic acids is 1. The molecular formula is C19H20N2O5S. The number of ether oxygens (including phenoxy) is 1. The summed E-state index contributed by atoms with van der Waals surface area (Å²) in [5.41, 5.74) is 1.90. The number of hydrogen-bond donors (Lipinski definition) is 1. The SMILES string of the molecule is O=C(O)c1cncc(CC2CCN(S(=O)(=O)c3ccc4c(c3)CCO4)C2)c1. The van der Waals surface area contributed by atoms with Crippen LogP contribution < -0.4 is 4.74 Å². The van der Waals surface area contributed by atoms with Crippen molar-refractivity contribution in [2.75, 3.05) is 19.7 Å². The Morgan fingerprint density at radius 2 is 2.15 bits per heavy atom. The number of benzene rings is 1. The zero-order valence-corrected chi connectivity index (χ0v) is 15.5. The predicted molar refractivity (Wildman–Crippen MR) is 97.4 cm³/mol. The van der Waals surface area contributed by atoms with E-state index in [-0.39, 0.29) is 11.5 Å². The summed E-state index contributed by atoms with van der Waals surface area (Å²) in [5.74, 6) is -0.108. The van der Waals surface area contributed by atoms with Gasteiger partial charge in [0, 0.05) is 31.9 Å². The van der Waals surface area contributed by atoms with E-state index in [4.69, 9.17) is 9.84 Å². The zero-order valence-electron chi connectivity index (χ0n) is 14.7. The second-order valence-corrected chi connectivity index (χ2v) is 8.91. The summed E-state index contributed by atoms with van der Waals surface area (Å²) in [6, 6.07) is 6.65. The first-order valence-electron chi connectivity index (χ1n) is 8.86. The molecule has 0 amide bonds. The maximum atomic E-state index is 13.0. The van der Waals surface area contributed by atoms with Crippen LogP contribution in [0, 0.1) is 5.92 Å². The monoisotopic (exact) mass is 388 g/mol. The highest BCUT2D eigenvalue weighted by Gasteiger charge is 2.33. The normalized spacial score (nSPS) is 19.6. The van der Waals surface area contributed by atoms with Crippen molar-refractivity contribution in [3.05, 3.63) is 53.3 Å². The van der Waals surface area contributed by atoms with Gasteiger partial charge in [0.2, 0.25) is 10.0 Å². The summed E-state index contributed by atoms with van der Waals surface area (Å²) < 4.78 is 32.9. The topological polar surface area (TPSA) is 96.8 Å². The Morgan fingerprint density at radius 1 is 1.30 bits per heavy atom. The van der Waals surface area contributed by atoms with Crippen molar-refractivity contribution < 1.29 is 23.1 Å². The van der Waals surface area contributed by atoms with Crippen LogP contribution in [-0.2, 0) is 22.9 Å². The van der Waals surface area contributed by atoms with Crippen LogP contribution in [0.1, 0.15) is 27.9 Å². The lowest BCUT2D eigenvalue weighted by molar-refractivity contribution is 0.0696. The first kappa shape index (κ1) is 17.9. The smallest absolute Gasteiger partial charge is 0.337 e. The van der Waals surface area contributed by atoms with Gasteiger partial charge in [0.05, 0.1) is 17.1 Å². The second-order valence-electron chi connectivity index (χ2n) is 6.98. The van der Waals surface area contributed by atoms with E-state index < -0.39 is 16.0 Å². The van der Waals surface area contributed by atoms with Gasteiger partial charge < -0.3 is 9.84 Å². The molecule has 1 saturated heterocycles. The molecule has 1 unspecified atom stereocenters. The molecule has 1 aromatic carbocycles. The van der Waals surface area contributed by atoms with Crippen LogP contribution >= 0.6 is 0 Å². The van der Waals surface area contributed by atoms with Crippen LogP contribution in [0.25, 0.3) is 0 Å². The fraction of sp³-hybridized carbons (Fsp3) is 0.368. The molecule has 2 aliphatic rings. The molecule has 0 aliphatic carbocycles. The Morgan fingerprint density at radius 3 is 2.96 bits per heavy atom. The number of aromatic carboxylic acids is 1. The molecule has 1 atom stereocenters. The quantitative estimate of drug-likeness (QED) is 0.841. The van der Waals surface area contributed by atoms with Crippen molar-refractivity contribution in [2.45, 2.75) is 24.2 Å². The third kappa shape index (κ3) is 3.54. The van der Waals surface area contributed by atoms with Gasteiger partial charge in [-0.2, -0.15) is 4.31 Å². The van der Waals surface area contributed by atoms with Gasteiger partial charge in [-0.1, -0.05) is 0 Å². The number of carboxylic acid groups (broad SMARTS) is 1. The third-order valence-electron chi connectivity index (χ3n) is 5.11. The van der Waals surface area contributed by atoms with Crippen LogP contribution in [0.2, 0.25) is 0 Å². The van der Waals surface area contributed by atoms with E-state index >= 15 is 0 Å². The Hall–Kier alpha value is -2.45. The lowest BCUT2D eigenvalue weighted by Crippen LogP contribution is -2.29. The Kier molecular flexibility index (Phi) is 4.61. The van der Waals surface area contributed by atoms with Crippen molar-refractivity contribution in [2.24, 2.45) is 5.92 Å². The molecule has 2 aromatic rings. The number of hydrogen-bond acceptors (Lipinski definition) is 5. The van der Waals surface area contributed by atoms with Crippen molar-refractivity contribution in [1.82, 2.24) is 9.29 Å². The maximum absolute atomic E-state index is 13.0. The average Bonchev–Trinajstić information content (AvgIpc) is 3.30. The van der Waals surface area contributed by atoms with Crippen molar-refractivity contribution in [3.8, 4) is 5.75 Å². The first-order chi connectivity index (χ1) is 12.9. The average molecular weight is 388 g/mol. The van der Waals surface area contributed by atoms with Crippen LogP contribution in [-0.4, -0.2) is 48.5 Å². The standard InChI is InChI=1S/C19H20N2O5S/c22-19(23)16-8-14(10-20-11-16)7-13-3-5-21(12-13)27(24,25)17-1-2-18-15(9-17)4-6-26-18/h1-2,8-11,13H,3-7,12H2,(H,22,23). The van der Waals surface area contributed by atoms with E-state index in [1.165, 1.54) is 10.5 Å². The lowest BCUT2D eigenvalue weighted by atomic mass is 9.99. The molecule has 4 rings (SSSR count). The highest BCUT2D eigenvalue weighted by atomic mass is 32.2. The van der Waals surface area contributed by atoms with Crippen LogP contribution in [0.3, 0.4) is 0 Å². The maximum Gasteiger partial charge on any atom is 0.337 e. The summed E-state index contributed by atoms with van der Waals surface area (Å²) in [6.07, 6.45) is 5.04. The molecule has 1 aromatic heterocycles. The van der Waals surface area contributed by atoms with Crippen molar-refractivity contribution >= 4 is 16.0 Å². The highest BCUT2D eigenvalue weighted by molar-refractivity contribution is 7.89. The number of fused-ring (bicyclic) bond motifs is 1. The zero-order chi connectivity index (χ0) is 19.0. The Bertz CT molecular complexity index is 989. The van der Waals surface area contributed by atoms with Gasteiger partial charge in [-0.25, -0.2) is 13.2 Å². The second kappa shape index (κ2) is 6.94. The summed E-state index contributed by atoms with van der Waals surface area (Å²) in [7, 11) is -3.54. The molecule has 8 heteroatoms. The molecule has 7 nitrogen and oxygen atoms in total. The van der Waals surface area contributed by atoms with E-state index in [2.05, 4.69) is 4.98 Å². The Labute approximate surface area is 157 Å². The highest BCUT2D eigenvalue weighted by Crippen LogP contribution is 2.31. The molecule has 0 radical (unpaired) electrons. The van der Waals surface area contributed by atoms with Gasteiger partial charge in [0.25, 0.3) is 0 Å². The molecule has 1 fully saturated rings. The van der Waals surface area contributed by atoms with E-state index in [0.29, 0.717) is 31.0 Å². The molecule has 0 saturated carbocycles.